The molecule has 2 rings (SSSR count). The molecule has 0 saturated heterocycles. The van der Waals surface area contributed by atoms with Crippen molar-refractivity contribution in [2.45, 2.75) is 18.3 Å². The predicted molar refractivity (Wildman–Crippen MR) is 105 cm³/mol. The molecule has 26 heavy (non-hydrogen) atoms. The summed E-state index contributed by atoms with van der Waals surface area (Å²) in [5.74, 6) is -0.682. The minimum Gasteiger partial charge on any atom is -0.346 e. The monoisotopic (exact) mass is 442 g/mol. The number of hydrogen-bond acceptors (Lipinski definition) is 3. The van der Waals surface area contributed by atoms with Crippen LogP contribution in [-0.2, 0) is 15.4 Å². The minimum absolute atomic E-state index is 0.327. The molecule has 0 radical (unpaired) electrons. The number of benzene rings is 2. The highest BCUT2D eigenvalue weighted by Crippen LogP contribution is 2.23. The van der Waals surface area contributed by atoms with Gasteiger partial charge >= 0.3 is 0 Å². The fourth-order valence-corrected chi connectivity index (χ4v) is 3.18. The number of sulfonamides is 1. The van der Waals surface area contributed by atoms with E-state index in [1.807, 2.05) is 0 Å². The molecule has 0 spiro atoms. The van der Waals surface area contributed by atoms with Gasteiger partial charge in [0.15, 0.2) is 0 Å². The van der Waals surface area contributed by atoms with Crippen LogP contribution in [0.3, 0.4) is 0 Å². The molecule has 1 N–H and O–H groups in total. The highest BCUT2D eigenvalue weighted by atomic mass is 79.9. The van der Waals surface area contributed by atoms with Gasteiger partial charge in [-0.15, -0.1) is 0 Å². The molecule has 1 amide bonds. The Bertz CT molecular complexity index is 901. The van der Waals surface area contributed by atoms with Crippen molar-refractivity contribution in [3.05, 3.63) is 65.0 Å². The first-order chi connectivity index (χ1) is 12.1. The van der Waals surface area contributed by atoms with Crippen LogP contribution in [0.2, 0.25) is 0 Å². The maximum absolute atomic E-state index is 13.0. The second kappa shape index (κ2) is 8.18. The van der Waals surface area contributed by atoms with E-state index in [2.05, 4.69) is 21.2 Å². The Labute approximate surface area is 161 Å². The van der Waals surface area contributed by atoms with Crippen molar-refractivity contribution >= 4 is 37.5 Å². The van der Waals surface area contributed by atoms with E-state index in [-0.39, 0.29) is 17.8 Å². The number of nitrogens with zero attached hydrogens (tertiary/aromatic N) is 1. The molecule has 0 aliphatic rings. The highest BCUT2D eigenvalue weighted by Gasteiger charge is 2.17. The summed E-state index contributed by atoms with van der Waals surface area (Å²) in [5.41, 5.74) is 2.30. The summed E-state index contributed by atoms with van der Waals surface area (Å²) >= 11 is 3.33. The van der Waals surface area contributed by atoms with E-state index in [0.29, 0.717) is 16.6 Å². The van der Waals surface area contributed by atoms with Crippen molar-refractivity contribution < 1.29 is 17.6 Å². The summed E-state index contributed by atoms with van der Waals surface area (Å²) in [4.78, 5) is 12.6. The third-order valence-corrected chi connectivity index (χ3v) is 5.83. The van der Waals surface area contributed by atoms with Gasteiger partial charge in [0.05, 0.1) is 18.0 Å². The van der Waals surface area contributed by atoms with Crippen LogP contribution < -0.4 is 9.62 Å². The van der Waals surface area contributed by atoms with Gasteiger partial charge in [0, 0.05) is 17.9 Å². The quantitative estimate of drug-likeness (QED) is 0.694. The van der Waals surface area contributed by atoms with Crippen LogP contribution in [0.1, 0.15) is 34.5 Å². The molecule has 2 aromatic carbocycles. The Balaban J connectivity index is 2.28. The summed E-state index contributed by atoms with van der Waals surface area (Å²) in [7, 11) is -2.01. The zero-order valence-electron chi connectivity index (χ0n) is 14.7. The van der Waals surface area contributed by atoms with Crippen LogP contribution in [0, 0.1) is 5.82 Å². The van der Waals surface area contributed by atoms with Crippen LogP contribution >= 0.6 is 15.9 Å². The predicted octanol–water partition coefficient (Wildman–Crippen LogP) is 3.61. The van der Waals surface area contributed by atoms with Gasteiger partial charge in [-0.3, -0.25) is 9.10 Å². The Morgan fingerprint density at radius 3 is 2.38 bits per heavy atom. The number of carbonyl (C=O) groups is 1. The van der Waals surface area contributed by atoms with Crippen molar-refractivity contribution in [3.63, 3.8) is 0 Å². The summed E-state index contributed by atoms with van der Waals surface area (Å²) in [6, 6.07) is 10.5. The van der Waals surface area contributed by atoms with E-state index in [9.17, 15) is 17.6 Å². The van der Waals surface area contributed by atoms with Gasteiger partial charge in [0.1, 0.15) is 5.82 Å². The zero-order chi connectivity index (χ0) is 19.5. The Morgan fingerprint density at radius 2 is 1.85 bits per heavy atom. The smallest absolute Gasteiger partial charge is 0.251 e. The third-order valence-electron chi connectivity index (χ3n) is 3.97. The molecule has 0 bridgehead atoms. The molecule has 2 aromatic rings. The van der Waals surface area contributed by atoms with E-state index in [1.165, 1.54) is 25.2 Å². The summed E-state index contributed by atoms with van der Waals surface area (Å²) in [6.45, 7) is 1.79. The third kappa shape index (κ3) is 5.04. The summed E-state index contributed by atoms with van der Waals surface area (Å²) < 4.78 is 37.7. The maximum atomic E-state index is 13.0. The second-order valence-corrected chi connectivity index (χ2v) is 8.57. The number of nitrogens with one attached hydrogen (secondary N) is 1. The summed E-state index contributed by atoms with van der Waals surface area (Å²) in [6.07, 6.45) is 1.10. The van der Waals surface area contributed by atoms with Gasteiger partial charge in [-0.25, -0.2) is 12.8 Å². The summed E-state index contributed by atoms with van der Waals surface area (Å²) in [5, 5.41) is 3.32. The number of halogens is 2. The fraction of sp³-hybridized carbons (Fsp3) is 0.278. The molecule has 8 heteroatoms. The van der Waals surface area contributed by atoms with Gasteiger partial charge in [-0.1, -0.05) is 28.1 Å². The average molecular weight is 443 g/mol. The second-order valence-electron chi connectivity index (χ2n) is 6.00. The molecular formula is C18H20BrFN2O3S. The number of anilines is 1. The van der Waals surface area contributed by atoms with E-state index in [0.717, 1.165) is 21.7 Å². The molecule has 1 atom stereocenters. The first-order valence-electron chi connectivity index (χ1n) is 7.82. The molecule has 0 fully saturated rings. The Kier molecular flexibility index (Phi) is 6.41. The van der Waals surface area contributed by atoms with Crippen molar-refractivity contribution in [1.82, 2.24) is 5.32 Å². The lowest BCUT2D eigenvalue weighted by atomic mass is 10.1. The van der Waals surface area contributed by atoms with Crippen molar-refractivity contribution in [1.29, 1.82) is 0 Å². The van der Waals surface area contributed by atoms with E-state index >= 15 is 0 Å². The van der Waals surface area contributed by atoms with Crippen LogP contribution in [0.25, 0.3) is 0 Å². The zero-order valence-corrected chi connectivity index (χ0v) is 17.1. The highest BCUT2D eigenvalue weighted by molar-refractivity contribution is 9.08. The minimum atomic E-state index is -3.44. The van der Waals surface area contributed by atoms with E-state index in [1.54, 1.807) is 31.2 Å². The van der Waals surface area contributed by atoms with Gasteiger partial charge in [0.25, 0.3) is 5.91 Å². The van der Waals surface area contributed by atoms with Crippen LogP contribution in [0.15, 0.2) is 42.5 Å². The van der Waals surface area contributed by atoms with Crippen molar-refractivity contribution in [3.8, 4) is 0 Å². The van der Waals surface area contributed by atoms with Gasteiger partial charge in [-0.2, -0.15) is 0 Å². The normalized spacial score (nSPS) is 12.5. The maximum Gasteiger partial charge on any atom is 0.251 e. The molecule has 0 aromatic heterocycles. The van der Waals surface area contributed by atoms with Crippen molar-refractivity contribution in [2.24, 2.45) is 0 Å². The van der Waals surface area contributed by atoms with Gasteiger partial charge < -0.3 is 5.32 Å². The average Bonchev–Trinajstić information content (AvgIpc) is 2.60. The Morgan fingerprint density at radius 1 is 1.23 bits per heavy atom. The van der Waals surface area contributed by atoms with Crippen molar-refractivity contribution in [2.75, 3.05) is 17.6 Å². The lowest BCUT2D eigenvalue weighted by molar-refractivity contribution is 0.0940. The molecule has 0 heterocycles. The largest absolute Gasteiger partial charge is 0.346 e. The molecule has 0 saturated carbocycles. The topological polar surface area (TPSA) is 66.5 Å². The lowest BCUT2D eigenvalue weighted by Crippen LogP contribution is -2.28. The molecule has 140 valence electrons. The molecule has 5 nitrogen and oxygen atoms in total. The van der Waals surface area contributed by atoms with Crippen LogP contribution in [0.5, 0.6) is 0 Å². The van der Waals surface area contributed by atoms with Crippen LogP contribution in [-0.4, -0.2) is 27.6 Å². The van der Waals surface area contributed by atoms with Gasteiger partial charge in [-0.05, 0) is 48.4 Å². The first kappa shape index (κ1) is 20.4. The number of rotatable bonds is 6. The lowest BCUT2D eigenvalue weighted by Gasteiger charge is -2.19. The number of hydrogen-bond donors (Lipinski definition) is 1. The number of amides is 1. The molecule has 1 unspecified atom stereocenters. The fourth-order valence-electron chi connectivity index (χ4n) is 2.37. The van der Waals surface area contributed by atoms with Gasteiger partial charge in [0.2, 0.25) is 10.0 Å². The molecule has 0 aliphatic carbocycles. The van der Waals surface area contributed by atoms with E-state index in [4.69, 9.17) is 0 Å². The number of alkyl halides is 1. The standard InChI is InChI=1S/C18H20BrFN2O3S/c1-12(14-4-6-16(20)7-5-14)21-18(23)15-8-13(11-19)9-17(10-15)22(2)26(3,24)25/h4-10,12H,11H2,1-3H3,(H,21,23). The van der Waals surface area contributed by atoms with Crippen LogP contribution in [0.4, 0.5) is 10.1 Å². The molecular weight excluding hydrogens is 423 g/mol. The SMILES string of the molecule is CC(NC(=O)c1cc(CBr)cc(N(C)S(C)(=O)=O)c1)c1ccc(F)cc1. The molecule has 0 aliphatic heterocycles. The first-order valence-corrected chi connectivity index (χ1v) is 10.8. The van der Waals surface area contributed by atoms with E-state index < -0.39 is 10.0 Å². The Hall–Kier alpha value is -1.93. The number of carbonyl (C=O) groups excluding carboxylic acids is 1.